The third-order valence-corrected chi connectivity index (χ3v) is 5.89. The van der Waals surface area contributed by atoms with E-state index in [1.165, 1.54) is 11.8 Å². The molecule has 0 saturated heterocycles. The van der Waals surface area contributed by atoms with Gasteiger partial charge in [0, 0.05) is 16.6 Å². The van der Waals surface area contributed by atoms with Crippen LogP contribution in [0, 0.1) is 0 Å². The summed E-state index contributed by atoms with van der Waals surface area (Å²) in [7, 11) is 0. The van der Waals surface area contributed by atoms with Gasteiger partial charge in [-0.15, -0.1) is 0 Å². The molecule has 2 heterocycles. The number of rotatable bonds is 7. The first kappa shape index (κ1) is 19.8. The normalized spacial score (nSPS) is 11.2. The van der Waals surface area contributed by atoms with E-state index in [1.54, 1.807) is 4.57 Å². The monoisotopic (exact) mass is 470 g/mol. The fourth-order valence-electron chi connectivity index (χ4n) is 2.96. The minimum absolute atomic E-state index is 0.00750. The Labute approximate surface area is 180 Å². The number of unbranched alkanes of at least 4 members (excludes halogenated alkanes) is 1. The summed E-state index contributed by atoms with van der Waals surface area (Å²) in [6.07, 6.45) is 1.92. The van der Waals surface area contributed by atoms with E-state index >= 15 is 0 Å². The highest BCUT2D eigenvalue weighted by Gasteiger charge is 2.14. The number of nitrogens with zero attached hydrogens (tertiary/aromatic N) is 4. The van der Waals surface area contributed by atoms with Crippen LogP contribution in [-0.4, -0.2) is 19.7 Å². The fraction of sp³-hybridized carbons (Fsp3) is 0.238. The third-order valence-electron chi connectivity index (χ3n) is 4.44. The molecule has 29 heavy (non-hydrogen) atoms. The van der Waals surface area contributed by atoms with Crippen LogP contribution in [0.5, 0.6) is 0 Å². The summed E-state index contributed by atoms with van der Waals surface area (Å²) in [6.45, 7) is 2.75. The molecule has 0 atom stereocenters. The van der Waals surface area contributed by atoms with Crippen molar-refractivity contribution in [2.45, 2.75) is 37.2 Å². The van der Waals surface area contributed by atoms with Crippen molar-refractivity contribution in [2.24, 2.45) is 0 Å². The molecule has 6 nitrogen and oxygen atoms in total. The van der Waals surface area contributed by atoms with Crippen LogP contribution in [0.1, 0.15) is 25.7 Å². The first-order valence-electron chi connectivity index (χ1n) is 9.36. The van der Waals surface area contributed by atoms with Crippen molar-refractivity contribution in [1.82, 2.24) is 19.7 Å². The highest BCUT2D eigenvalue weighted by Crippen LogP contribution is 2.24. The quantitative estimate of drug-likeness (QED) is 0.269. The van der Waals surface area contributed by atoms with Crippen molar-refractivity contribution in [1.29, 1.82) is 0 Å². The second-order valence-corrected chi connectivity index (χ2v) is 8.39. The van der Waals surface area contributed by atoms with E-state index in [0.29, 0.717) is 40.1 Å². The van der Waals surface area contributed by atoms with Crippen LogP contribution in [-0.2, 0) is 12.3 Å². The van der Waals surface area contributed by atoms with E-state index in [9.17, 15) is 4.79 Å². The number of hydrogen-bond donors (Lipinski definition) is 0. The molecule has 0 fully saturated rings. The Bertz CT molecular complexity index is 1200. The zero-order chi connectivity index (χ0) is 20.2. The molecule has 0 N–H and O–H groups in total. The highest BCUT2D eigenvalue weighted by atomic mass is 79.9. The maximum absolute atomic E-state index is 12.9. The van der Waals surface area contributed by atoms with Gasteiger partial charge in [-0.1, -0.05) is 70.5 Å². The molecule has 0 bridgehead atoms. The predicted molar refractivity (Wildman–Crippen MR) is 118 cm³/mol. The lowest BCUT2D eigenvalue weighted by Gasteiger charge is -2.12. The smallest absolute Gasteiger partial charge is 0.262 e. The van der Waals surface area contributed by atoms with E-state index in [0.717, 1.165) is 22.9 Å². The maximum atomic E-state index is 12.9. The third kappa shape index (κ3) is 4.43. The summed E-state index contributed by atoms with van der Waals surface area (Å²) in [5.74, 6) is 1.48. The molecular weight excluding hydrogens is 452 g/mol. The molecule has 0 radical (unpaired) electrons. The maximum Gasteiger partial charge on any atom is 0.262 e. The van der Waals surface area contributed by atoms with Crippen molar-refractivity contribution in [2.75, 3.05) is 0 Å². The number of thioether (sulfide) groups is 1. The SMILES string of the molecule is CCCCn1c(SCc2nc(-c3cccc(Br)c3)no2)nc2ccccc2c1=O. The summed E-state index contributed by atoms with van der Waals surface area (Å²) in [5, 5.41) is 5.38. The van der Waals surface area contributed by atoms with E-state index < -0.39 is 0 Å². The van der Waals surface area contributed by atoms with Gasteiger partial charge in [-0.25, -0.2) is 4.98 Å². The van der Waals surface area contributed by atoms with Crippen LogP contribution in [0.15, 0.2) is 67.5 Å². The van der Waals surface area contributed by atoms with Gasteiger partial charge >= 0.3 is 0 Å². The molecule has 2 aromatic heterocycles. The number of aromatic nitrogens is 4. The largest absolute Gasteiger partial charge is 0.338 e. The molecule has 8 heteroatoms. The Morgan fingerprint density at radius 1 is 1.14 bits per heavy atom. The second kappa shape index (κ2) is 8.92. The van der Waals surface area contributed by atoms with Gasteiger partial charge in [0.15, 0.2) is 5.16 Å². The van der Waals surface area contributed by atoms with Gasteiger partial charge in [0.05, 0.1) is 16.7 Å². The molecule has 4 aromatic rings. The zero-order valence-corrected chi connectivity index (χ0v) is 18.2. The molecule has 0 aliphatic heterocycles. The zero-order valence-electron chi connectivity index (χ0n) is 15.8. The second-order valence-electron chi connectivity index (χ2n) is 6.53. The Morgan fingerprint density at radius 2 is 2.00 bits per heavy atom. The Balaban J connectivity index is 1.60. The van der Waals surface area contributed by atoms with Gasteiger partial charge in [-0.3, -0.25) is 9.36 Å². The van der Waals surface area contributed by atoms with Crippen molar-refractivity contribution < 1.29 is 4.52 Å². The van der Waals surface area contributed by atoms with E-state index in [4.69, 9.17) is 9.51 Å². The molecule has 148 valence electrons. The lowest BCUT2D eigenvalue weighted by Crippen LogP contribution is -2.23. The molecule has 2 aromatic carbocycles. The number of halogens is 1. The van der Waals surface area contributed by atoms with Gasteiger partial charge in [-0.2, -0.15) is 4.98 Å². The molecule has 4 rings (SSSR count). The summed E-state index contributed by atoms with van der Waals surface area (Å²) in [5.41, 5.74) is 1.57. The van der Waals surface area contributed by atoms with E-state index in [1.807, 2.05) is 48.5 Å². The fourth-order valence-corrected chi connectivity index (χ4v) is 4.22. The predicted octanol–water partition coefficient (Wildman–Crippen LogP) is 5.30. The van der Waals surface area contributed by atoms with Gasteiger partial charge in [0.1, 0.15) is 0 Å². The number of hydrogen-bond acceptors (Lipinski definition) is 6. The highest BCUT2D eigenvalue weighted by molar-refractivity contribution is 9.10. The van der Waals surface area contributed by atoms with Gasteiger partial charge in [-0.05, 0) is 30.7 Å². The topological polar surface area (TPSA) is 73.8 Å². The van der Waals surface area contributed by atoms with Crippen LogP contribution in [0.25, 0.3) is 22.3 Å². The summed E-state index contributed by atoms with van der Waals surface area (Å²) in [4.78, 5) is 22.1. The standard InChI is InChI=1S/C21H19BrN4O2S/c1-2-3-11-26-20(27)16-9-4-5-10-17(16)23-21(26)29-13-18-24-19(25-28-18)14-7-6-8-15(22)12-14/h4-10,12H,2-3,11,13H2,1H3. The first-order chi connectivity index (χ1) is 14.2. The summed E-state index contributed by atoms with van der Waals surface area (Å²) >= 11 is 4.89. The number of para-hydroxylation sites is 1. The molecule has 0 amide bonds. The van der Waals surface area contributed by atoms with Crippen molar-refractivity contribution in [3.63, 3.8) is 0 Å². The van der Waals surface area contributed by atoms with E-state index in [-0.39, 0.29) is 5.56 Å². The average Bonchev–Trinajstić information content (AvgIpc) is 3.21. The molecule has 0 spiro atoms. The summed E-state index contributed by atoms with van der Waals surface area (Å²) in [6, 6.07) is 15.2. The van der Waals surface area contributed by atoms with Crippen LogP contribution in [0.2, 0.25) is 0 Å². The van der Waals surface area contributed by atoms with Crippen molar-refractivity contribution in [3.05, 3.63) is 69.2 Å². The van der Waals surface area contributed by atoms with Gasteiger partial charge in [0.25, 0.3) is 5.56 Å². The van der Waals surface area contributed by atoms with Crippen LogP contribution in [0.3, 0.4) is 0 Å². The molecule has 0 unspecified atom stereocenters. The van der Waals surface area contributed by atoms with Crippen LogP contribution < -0.4 is 5.56 Å². The Kier molecular flexibility index (Phi) is 6.10. The van der Waals surface area contributed by atoms with E-state index in [2.05, 4.69) is 33.0 Å². The van der Waals surface area contributed by atoms with Crippen molar-refractivity contribution in [3.8, 4) is 11.4 Å². The number of benzene rings is 2. The lowest BCUT2D eigenvalue weighted by atomic mass is 10.2. The lowest BCUT2D eigenvalue weighted by molar-refractivity contribution is 0.391. The summed E-state index contributed by atoms with van der Waals surface area (Å²) < 4.78 is 8.11. The number of fused-ring (bicyclic) bond motifs is 1. The molecule has 0 saturated carbocycles. The van der Waals surface area contributed by atoms with Crippen LogP contribution >= 0.6 is 27.7 Å². The van der Waals surface area contributed by atoms with Gasteiger partial charge < -0.3 is 4.52 Å². The molecule has 0 aliphatic rings. The Morgan fingerprint density at radius 3 is 2.83 bits per heavy atom. The van der Waals surface area contributed by atoms with Crippen LogP contribution in [0.4, 0.5) is 0 Å². The van der Waals surface area contributed by atoms with Crippen molar-refractivity contribution >= 4 is 38.6 Å². The molecular formula is C21H19BrN4O2S. The average molecular weight is 471 g/mol. The first-order valence-corrected chi connectivity index (χ1v) is 11.1. The minimum atomic E-state index is -0.00750. The Hall–Kier alpha value is -2.45. The van der Waals surface area contributed by atoms with Gasteiger partial charge in [0.2, 0.25) is 11.7 Å². The minimum Gasteiger partial charge on any atom is -0.338 e. The molecule has 0 aliphatic carbocycles.